The van der Waals surface area contributed by atoms with E-state index >= 15 is 0 Å². The van der Waals surface area contributed by atoms with Crippen LogP contribution in [-0.2, 0) is 6.54 Å². The van der Waals surface area contributed by atoms with Gasteiger partial charge in [-0.3, -0.25) is 4.90 Å². The molecular formula is C15H26N4O. The molecule has 0 N–H and O–H groups in total. The molecule has 0 bridgehead atoms. The first kappa shape index (κ1) is 14.0. The lowest BCUT2D eigenvalue weighted by Gasteiger charge is -2.24. The average Bonchev–Trinajstić information content (AvgIpc) is 3.12. The van der Waals surface area contributed by atoms with Gasteiger partial charge in [-0.1, -0.05) is 18.0 Å². The van der Waals surface area contributed by atoms with Gasteiger partial charge in [-0.25, -0.2) is 0 Å². The van der Waals surface area contributed by atoms with E-state index in [0.717, 1.165) is 18.3 Å². The van der Waals surface area contributed by atoms with Crippen LogP contribution in [0.25, 0.3) is 0 Å². The molecule has 1 aliphatic heterocycles. The Morgan fingerprint density at radius 2 is 2.10 bits per heavy atom. The van der Waals surface area contributed by atoms with Crippen molar-refractivity contribution in [3.8, 4) is 0 Å². The molecule has 1 saturated heterocycles. The van der Waals surface area contributed by atoms with Gasteiger partial charge < -0.3 is 9.42 Å². The zero-order valence-electron chi connectivity index (χ0n) is 12.7. The second-order valence-electron chi connectivity index (χ2n) is 6.50. The molecule has 0 radical (unpaired) electrons. The van der Waals surface area contributed by atoms with Crippen LogP contribution in [0.2, 0.25) is 0 Å². The minimum atomic E-state index is 0.634. The third-order valence-corrected chi connectivity index (χ3v) is 4.82. The molecule has 5 nitrogen and oxygen atoms in total. The monoisotopic (exact) mass is 278 g/mol. The molecule has 3 rings (SSSR count). The number of likely N-dealkylation sites (N-methyl/N-ethyl adjacent to an activating group) is 1. The number of rotatable bonds is 5. The summed E-state index contributed by atoms with van der Waals surface area (Å²) in [4.78, 5) is 9.32. The van der Waals surface area contributed by atoms with E-state index in [1.807, 2.05) is 6.92 Å². The Balaban J connectivity index is 1.46. The molecule has 5 heteroatoms. The van der Waals surface area contributed by atoms with Crippen LogP contribution in [0.1, 0.15) is 43.8 Å². The molecule has 20 heavy (non-hydrogen) atoms. The van der Waals surface area contributed by atoms with Crippen molar-refractivity contribution in [3.63, 3.8) is 0 Å². The summed E-state index contributed by atoms with van der Waals surface area (Å²) in [6, 6.07) is 0.634. The SMILES string of the molecule is Cc1nc(CN(C)[C@H]2CCN(CC3CCCC3)C2)no1. The van der Waals surface area contributed by atoms with Crippen molar-refractivity contribution in [1.29, 1.82) is 0 Å². The fourth-order valence-corrected chi connectivity index (χ4v) is 3.65. The van der Waals surface area contributed by atoms with Crippen molar-refractivity contribution in [2.45, 2.75) is 51.6 Å². The Morgan fingerprint density at radius 1 is 1.30 bits per heavy atom. The van der Waals surface area contributed by atoms with E-state index in [1.54, 1.807) is 0 Å². The maximum absolute atomic E-state index is 5.04. The van der Waals surface area contributed by atoms with Gasteiger partial charge in [0.2, 0.25) is 5.89 Å². The quantitative estimate of drug-likeness (QED) is 0.825. The highest BCUT2D eigenvalue weighted by Gasteiger charge is 2.28. The van der Waals surface area contributed by atoms with Gasteiger partial charge in [0.1, 0.15) is 0 Å². The van der Waals surface area contributed by atoms with Crippen LogP contribution < -0.4 is 0 Å². The Kier molecular flexibility index (Phi) is 4.36. The minimum Gasteiger partial charge on any atom is -0.340 e. The fourth-order valence-electron chi connectivity index (χ4n) is 3.65. The van der Waals surface area contributed by atoms with Crippen LogP contribution in [0.5, 0.6) is 0 Å². The van der Waals surface area contributed by atoms with Crippen LogP contribution in [-0.4, -0.2) is 52.7 Å². The Bertz CT molecular complexity index is 427. The number of aromatic nitrogens is 2. The summed E-state index contributed by atoms with van der Waals surface area (Å²) in [5.74, 6) is 2.42. The number of hydrogen-bond donors (Lipinski definition) is 0. The smallest absolute Gasteiger partial charge is 0.223 e. The summed E-state index contributed by atoms with van der Waals surface area (Å²) in [6.45, 7) is 6.39. The van der Waals surface area contributed by atoms with Crippen molar-refractivity contribution < 1.29 is 4.52 Å². The number of likely N-dealkylation sites (tertiary alicyclic amines) is 1. The minimum absolute atomic E-state index is 0.634. The summed E-state index contributed by atoms with van der Waals surface area (Å²) in [5.41, 5.74) is 0. The largest absolute Gasteiger partial charge is 0.340 e. The standard InChI is InChI=1S/C15H26N4O/c1-12-16-15(17-20-12)11-18(2)14-7-8-19(10-14)9-13-5-3-4-6-13/h13-14H,3-11H2,1-2H3/t14-/m0/s1. The number of aryl methyl sites for hydroxylation is 1. The average molecular weight is 278 g/mol. The lowest BCUT2D eigenvalue weighted by molar-refractivity contribution is 0.208. The zero-order valence-corrected chi connectivity index (χ0v) is 12.7. The number of nitrogens with zero attached hydrogens (tertiary/aromatic N) is 4. The summed E-state index contributed by atoms with van der Waals surface area (Å²) < 4.78 is 5.04. The molecular weight excluding hydrogens is 252 g/mol. The summed E-state index contributed by atoms with van der Waals surface area (Å²) in [5, 5.41) is 3.99. The van der Waals surface area contributed by atoms with Gasteiger partial charge in [0.05, 0.1) is 6.54 Å². The lowest BCUT2D eigenvalue weighted by Crippen LogP contribution is -2.35. The van der Waals surface area contributed by atoms with Crippen LogP contribution >= 0.6 is 0 Å². The highest BCUT2D eigenvalue weighted by Crippen LogP contribution is 2.27. The number of hydrogen-bond acceptors (Lipinski definition) is 5. The van der Waals surface area contributed by atoms with Gasteiger partial charge in [0, 0.05) is 26.1 Å². The van der Waals surface area contributed by atoms with E-state index in [2.05, 4.69) is 27.0 Å². The summed E-state index contributed by atoms with van der Waals surface area (Å²) in [6.07, 6.45) is 7.04. The van der Waals surface area contributed by atoms with E-state index < -0.39 is 0 Å². The molecule has 0 aromatic carbocycles. The van der Waals surface area contributed by atoms with Crippen molar-refractivity contribution in [1.82, 2.24) is 19.9 Å². The molecule has 1 aliphatic carbocycles. The van der Waals surface area contributed by atoms with Crippen LogP contribution in [0.15, 0.2) is 4.52 Å². The molecule has 1 aromatic rings. The second kappa shape index (κ2) is 6.22. The van der Waals surface area contributed by atoms with E-state index in [9.17, 15) is 0 Å². The van der Waals surface area contributed by atoms with Gasteiger partial charge in [0.15, 0.2) is 5.82 Å². The van der Waals surface area contributed by atoms with Gasteiger partial charge in [0.25, 0.3) is 0 Å². The summed E-state index contributed by atoms with van der Waals surface area (Å²) in [7, 11) is 2.18. The van der Waals surface area contributed by atoms with E-state index in [1.165, 1.54) is 51.7 Å². The third-order valence-electron chi connectivity index (χ3n) is 4.82. The topological polar surface area (TPSA) is 45.4 Å². The summed E-state index contributed by atoms with van der Waals surface area (Å²) >= 11 is 0. The molecule has 1 aromatic heterocycles. The maximum atomic E-state index is 5.04. The van der Waals surface area contributed by atoms with Crippen molar-refractivity contribution in [2.75, 3.05) is 26.7 Å². The van der Waals surface area contributed by atoms with Crippen molar-refractivity contribution in [3.05, 3.63) is 11.7 Å². The molecule has 0 amide bonds. The zero-order chi connectivity index (χ0) is 13.9. The fraction of sp³-hybridized carbons (Fsp3) is 0.867. The van der Waals surface area contributed by atoms with Gasteiger partial charge in [-0.05, 0) is 38.8 Å². The highest BCUT2D eigenvalue weighted by molar-refractivity contribution is 4.88. The molecule has 0 spiro atoms. The first-order valence-corrected chi connectivity index (χ1v) is 7.92. The Hall–Kier alpha value is -0.940. The van der Waals surface area contributed by atoms with Gasteiger partial charge in [-0.15, -0.1) is 0 Å². The van der Waals surface area contributed by atoms with Gasteiger partial charge >= 0.3 is 0 Å². The third kappa shape index (κ3) is 3.38. The second-order valence-corrected chi connectivity index (χ2v) is 6.50. The Morgan fingerprint density at radius 3 is 2.80 bits per heavy atom. The molecule has 1 atom stereocenters. The highest BCUT2D eigenvalue weighted by atomic mass is 16.5. The van der Waals surface area contributed by atoms with Crippen LogP contribution in [0.4, 0.5) is 0 Å². The Labute approximate surface area is 121 Å². The van der Waals surface area contributed by atoms with E-state index in [0.29, 0.717) is 11.9 Å². The molecule has 0 unspecified atom stereocenters. The first-order valence-electron chi connectivity index (χ1n) is 7.92. The molecule has 1 saturated carbocycles. The van der Waals surface area contributed by atoms with E-state index in [-0.39, 0.29) is 0 Å². The maximum Gasteiger partial charge on any atom is 0.223 e. The molecule has 2 heterocycles. The molecule has 2 aliphatic rings. The van der Waals surface area contributed by atoms with Crippen molar-refractivity contribution >= 4 is 0 Å². The predicted molar refractivity (Wildman–Crippen MR) is 77.3 cm³/mol. The predicted octanol–water partition coefficient (Wildman–Crippen LogP) is 2.07. The normalized spacial score (nSPS) is 25.1. The van der Waals surface area contributed by atoms with Crippen LogP contribution in [0.3, 0.4) is 0 Å². The van der Waals surface area contributed by atoms with Crippen LogP contribution in [0, 0.1) is 12.8 Å². The molecule has 2 fully saturated rings. The van der Waals surface area contributed by atoms with Gasteiger partial charge in [-0.2, -0.15) is 4.98 Å². The lowest BCUT2D eigenvalue weighted by atomic mass is 10.1. The molecule has 112 valence electrons. The van der Waals surface area contributed by atoms with E-state index in [4.69, 9.17) is 4.52 Å². The first-order chi connectivity index (χ1) is 9.70. The van der Waals surface area contributed by atoms with Crippen molar-refractivity contribution in [2.24, 2.45) is 5.92 Å².